The van der Waals surface area contributed by atoms with Gasteiger partial charge in [-0.15, -0.1) is 0 Å². The maximum absolute atomic E-state index is 9.54. The van der Waals surface area contributed by atoms with Gasteiger partial charge in [-0.3, -0.25) is 0 Å². The highest BCUT2D eigenvalue weighted by Gasteiger charge is 2.23. The summed E-state index contributed by atoms with van der Waals surface area (Å²) in [4.78, 5) is 0. The van der Waals surface area contributed by atoms with E-state index in [2.05, 4.69) is 13.8 Å². The Morgan fingerprint density at radius 1 is 1.55 bits per heavy atom. The first kappa shape index (κ1) is 9.01. The molecule has 0 aromatic rings. The molecule has 0 aromatic heterocycles. The van der Waals surface area contributed by atoms with Crippen molar-refractivity contribution in [2.24, 2.45) is 11.8 Å². The Kier molecular flexibility index (Phi) is 3.34. The van der Waals surface area contributed by atoms with Gasteiger partial charge in [0.05, 0.1) is 12.7 Å². The normalized spacial score (nSPS) is 32.7. The molecule has 66 valence electrons. The Morgan fingerprint density at radius 2 is 2.27 bits per heavy atom. The van der Waals surface area contributed by atoms with Crippen LogP contribution in [0.25, 0.3) is 0 Å². The number of aliphatic hydroxyl groups excluding tert-OH is 1. The van der Waals surface area contributed by atoms with Gasteiger partial charge in [-0.2, -0.15) is 0 Å². The molecule has 0 spiro atoms. The van der Waals surface area contributed by atoms with E-state index in [9.17, 15) is 5.11 Å². The Labute approximate surface area is 68.6 Å². The summed E-state index contributed by atoms with van der Waals surface area (Å²) in [7, 11) is 0. The molecule has 0 bridgehead atoms. The second-order valence-corrected chi connectivity index (χ2v) is 3.82. The van der Waals surface area contributed by atoms with Crippen molar-refractivity contribution in [1.82, 2.24) is 0 Å². The van der Waals surface area contributed by atoms with Gasteiger partial charge in [0.15, 0.2) is 0 Å². The number of aliphatic hydroxyl groups is 1. The van der Waals surface area contributed by atoms with Crippen molar-refractivity contribution in [3.63, 3.8) is 0 Å². The lowest BCUT2D eigenvalue weighted by molar-refractivity contribution is -0.0421. The summed E-state index contributed by atoms with van der Waals surface area (Å²) >= 11 is 0. The highest BCUT2D eigenvalue weighted by atomic mass is 16.5. The minimum absolute atomic E-state index is 0.119. The zero-order valence-electron chi connectivity index (χ0n) is 7.42. The first-order valence-electron chi connectivity index (χ1n) is 4.46. The summed E-state index contributed by atoms with van der Waals surface area (Å²) in [5, 5.41) is 9.54. The van der Waals surface area contributed by atoms with E-state index in [1.54, 1.807) is 0 Å². The molecule has 2 heteroatoms. The molecule has 1 rings (SSSR count). The lowest BCUT2D eigenvalue weighted by atomic mass is 9.90. The van der Waals surface area contributed by atoms with E-state index in [0.29, 0.717) is 11.8 Å². The van der Waals surface area contributed by atoms with Crippen molar-refractivity contribution < 1.29 is 9.84 Å². The lowest BCUT2D eigenvalue weighted by Crippen LogP contribution is -2.32. The molecule has 2 atom stereocenters. The Morgan fingerprint density at radius 3 is 2.82 bits per heavy atom. The third-order valence-electron chi connectivity index (χ3n) is 2.21. The van der Waals surface area contributed by atoms with Crippen LogP contribution in [0.5, 0.6) is 0 Å². The van der Waals surface area contributed by atoms with E-state index < -0.39 is 0 Å². The summed E-state index contributed by atoms with van der Waals surface area (Å²) in [5.74, 6) is 1.04. The molecule has 11 heavy (non-hydrogen) atoms. The number of ether oxygens (including phenoxy) is 1. The predicted molar refractivity (Wildman–Crippen MR) is 44.4 cm³/mol. The molecule has 1 aliphatic heterocycles. The lowest BCUT2D eigenvalue weighted by Gasteiger charge is -2.28. The molecule has 0 radical (unpaired) electrons. The summed E-state index contributed by atoms with van der Waals surface area (Å²) in [5.41, 5.74) is 0. The molecule has 0 saturated carbocycles. The highest BCUT2D eigenvalue weighted by Crippen LogP contribution is 2.21. The number of hydrogen-bond donors (Lipinski definition) is 1. The van der Waals surface area contributed by atoms with Crippen LogP contribution in [0.15, 0.2) is 0 Å². The van der Waals surface area contributed by atoms with Crippen LogP contribution in [-0.2, 0) is 4.74 Å². The summed E-state index contributed by atoms with van der Waals surface area (Å²) in [6.07, 6.45) is 1.78. The van der Waals surface area contributed by atoms with Crippen LogP contribution in [0.1, 0.15) is 26.7 Å². The second-order valence-electron chi connectivity index (χ2n) is 3.82. The summed E-state index contributed by atoms with van der Waals surface area (Å²) < 4.78 is 5.29. The molecule has 1 saturated heterocycles. The van der Waals surface area contributed by atoms with Crippen LogP contribution in [0, 0.1) is 11.8 Å². The maximum atomic E-state index is 9.54. The molecule has 1 fully saturated rings. The van der Waals surface area contributed by atoms with Crippen molar-refractivity contribution in [2.45, 2.75) is 32.8 Å². The molecule has 2 nitrogen and oxygen atoms in total. The summed E-state index contributed by atoms with van der Waals surface area (Å²) in [6, 6.07) is 0. The third kappa shape index (κ3) is 2.80. The fourth-order valence-electron chi connectivity index (χ4n) is 1.62. The largest absolute Gasteiger partial charge is 0.393 e. The predicted octanol–water partition coefficient (Wildman–Crippen LogP) is 1.43. The van der Waals surface area contributed by atoms with Gasteiger partial charge in [0.25, 0.3) is 0 Å². The highest BCUT2D eigenvalue weighted by molar-refractivity contribution is 4.73. The molecule has 1 aliphatic rings. The van der Waals surface area contributed by atoms with Gasteiger partial charge in [0.1, 0.15) is 0 Å². The van der Waals surface area contributed by atoms with Crippen LogP contribution >= 0.6 is 0 Å². The van der Waals surface area contributed by atoms with Crippen LogP contribution in [0.3, 0.4) is 0 Å². The molecular weight excluding hydrogens is 140 g/mol. The molecule has 1 N–H and O–H groups in total. The van der Waals surface area contributed by atoms with Crippen molar-refractivity contribution in [3.8, 4) is 0 Å². The molecule has 0 amide bonds. The average molecular weight is 158 g/mol. The topological polar surface area (TPSA) is 29.5 Å². The van der Waals surface area contributed by atoms with Gasteiger partial charge >= 0.3 is 0 Å². The minimum Gasteiger partial charge on any atom is -0.393 e. The average Bonchev–Trinajstić information content (AvgIpc) is 1.93. The quantitative estimate of drug-likeness (QED) is 0.658. The minimum atomic E-state index is -0.119. The fourth-order valence-corrected chi connectivity index (χ4v) is 1.62. The smallest absolute Gasteiger partial charge is 0.0612 e. The standard InChI is InChI=1S/C9H18O2/c1-7(2)5-8-6-11-4-3-9(8)10/h7-10H,3-6H2,1-2H3/t8-,9+/m0/s1. The summed E-state index contributed by atoms with van der Waals surface area (Å²) in [6.45, 7) is 5.85. The van der Waals surface area contributed by atoms with E-state index in [4.69, 9.17) is 4.74 Å². The fraction of sp³-hybridized carbons (Fsp3) is 1.00. The van der Waals surface area contributed by atoms with Crippen molar-refractivity contribution in [1.29, 1.82) is 0 Å². The zero-order chi connectivity index (χ0) is 8.27. The van der Waals surface area contributed by atoms with E-state index in [-0.39, 0.29) is 6.10 Å². The van der Waals surface area contributed by atoms with Gasteiger partial charge in [0.2, 0.25) is 0 Å². The van der Waals surface area contributed by atoms with E-state index in [0.717, 1.165) is 26.1 Å². The van der Waals surface area contributed by atoms with Gasteiger partial charge in [-0.1, -0.05) is 13.8 Å². The van der Waals surface area contributed by atoms with Gasteiger partial charge in [-0.05, 0) is 18.8 Å². The van der Waals surface area contributed by atoms with Crippen LogP contribution in [-0.4, -0.2) is 24.4 Å². The molecule has 0 aliphatic carbocycles. The van der Waals surface area contributed by atoms with Gasteiger partial charge < -0.3 is 9.84 Å². The van der Waals surface area contributed by atoms with Crippen molar-refractivity contribution in [2.75, 3.05) is 13.2 Å². The third-order valence-corrected chi connectivity index (χ3v) is 2.21. The molecular formula is C9H18O2. The van der Waals surface area contributed by atoms with Crippen molar-refractivity contribution >= 4 is 0 Å². The van der Waals surface area contributed by atoms with Crippen LogP contribution in [0.2, 0.25) is 0 Å². The van der Waals surface area contributed by atoms with Crippen molar-refractivity contribution in [3.05, 3.63) is 0 Å². The second kappa shape index (κ2) is 4.07. The van der Waals surface area contributed by atoms with Gasteiger partial charge in [-0.25, -0.2) is 0 Å². The Hall–Kier alpha value is -0.0800. The van der Waals surface area contributed by atoms with E-state index in [1.165, 1.54) is 0 Å². The maximum Gasteiger partial charge on any atom is 0.0612 e. The first-order valence-corrected chi connectivity index (χ1v) is 4.46. The Balaban J connectivity index is 2.29. The number of rotatable bonds is 2. The van der Waals surface area contributed by atoms with Gasteiger partial charge in [0, 0.05) is 12.5 Å². The molecule has 0 aromatic carbocycles. The van der Waals surface area contributed by atoms with E-state index >= 15 is 0 Å². The van der Waals surface area contributed by atoms with Crippen LogP contribution in [0.4, 0.5) is 0 Å². The molecule has 0 unspecified atom stereocenters. The van der Waals surface area contributed by atoms with E-state index in [1.807, 2.05) is 0 Å². The van der Waals surface area contributed by atoms with Crippen LogP contribution < -0.4 is 0 Å². The number of hydrogen-bond acceptors (Lipinski definition) is 2. The SMILES string of the molecule is CC(C)C[C@H]1COCC[C@H]1O. The Bertz CT molecular complexity index is 112. The zero-order valence-corrected chi connectivity index (χ0v) is 7.42. The first-order chi connectivity index (χ1) is 5.20. The molecule has 1 heterocycles. The monoisotopic (exact) mass is 158 g/mol.